The van der Waals surface area contributed by atoms with Gasteiger partial charge in [0.25, 0.3) is 18.0 Å². The Balaban J connectivity index is 4.11. The second-order valence-corrected chi connectivity index (χ2v) is 3.69. The maximum Gasteiger partial charge on any atom is 0.264 e. The minimum absolute atomic E-state index is 0.174. The largest absolute Gasteiger partial charge is 0.351 e. The molecule has 82 valence electrons. The summed E-state index contributed by atoms with van der Waals surface area (Å²) in [6.07, 6.45) is -2.13. The fraction of sp³-hybridized carbons (Fsp3) is 0.778. The number of carbonyl (C=O) groups excluding carboxylic acids is 2. The molecule has 0 bridgehead atoms. The van der Waals surface area contributed by atoms with Crippen molar-refractivity contribution in [3.05, 3.63) is 0 Å². The SMILES string of the molecule is CC(C)NC(=O)C(F)C(=O)NC(C)C. The van der Waals surface area contributed by atoms with Gasteiger partial charge in [-0.3, -0.25) is 9.59 Å². The normalized spacial score (nSPS) is 10.9. The predicted molar refractivity (Wildman–Crippen MR) is 51.5 cm³/mol. The predicted octanol–water partition coefficient (Wildman–Crippen LogP) is 0.374. The van der Waals surface area contributed by atoms with Gasteiger partial charge in [0.15, 0.2) is 0 Å². The van der Waals surface area contributed by atoms with E-state index in [-0.39, 0.29) is 12.1 Å². The number of alkyl halides is 1. The zero-order valence-electron chi connectivity index (χ0n) is 8.93. The molecule has 0 aliphatic carbocycles. The minimum Gasteiger partial charge on any atom is -0.351 e. The summed E-state index contributed by atoms with van der Waals surface area (Å²) >= 11 is 0. The third-order valence-electron chi connectivity index (χ3n) is 1.32. The van der Waals surface area contributed by atoms with Gasteiger partial charge in [0, 0.05) is 12.1 Å². The molecule has 2 N–H and O–H groups in total. The molecule has 0 saturated carbocycles. The van der Waals surface area contributed by atoms with Gasteiger partial charge in [-0.05, 0) is 27.7 Å². The summed E-state index contributed by atoms with van der Waals surface area (Å²) in [5.41, 5.74) is 0. The van der Waals surface area contributed by atoms with E-state index in [0.717, 1.165) is 0 Å². The van der Waals surface area contributed by atoms with E-state index in [1.165, 1.54) is 0 Å². The summed E-state index contributed by atoms with van der Waals surface area (Å²) in [6.45, 7) is 6.80. The van der Waals surface area contributed by atoms with E-state index in [2.05, 4.69) is 10.6 Å². The fourth-order valence-corrected chi connectivity index (χ4v) is 0.834. The highest BCUT2D eigenvalue weighted by Crippen LogP contribution is 1.94. The number of nitrogens with one attached hydrogen (secondary N) is 2. The van der Waals surface area contributed by atoms with Gasteiger partial charge in [-0.15, -0.1) is 0 Å². The number of hydrogen-bond acceptors (Lipinski definition) is 2. The molecule has 0 aromatic rings. The highest BCUT2D eigenvalue weighted by molar-refractivity contribution is 6.03. The summed E-state index contributed by atoms with van der Waals surface area (Å²) in [7, 11) is 0. The van der Waals surface area contributed by atoms with Crippen LogP contribution in [0.25, 0.3) is 0 Å². The van der Waals surface area contributed by atoms with Gasteiger partial charge >= 0.3 is 0 Å². The van der Waals surface area contributed by atoms with Gasteiger partial charge in [0.1, 0.15) is 0 Å². The highest BCUT2D eigenvalue weighted by Gasteiger charge is 2.26. The van der Waals surface area contributed by atoms with E-state index < -0.39 is 18.0 Å². The van der Waals surface area contributed by atoms with Crippen LogP contribution in [-0.2, 0) is 9.59 Å². The second-order valence-electron chi connectivity index (χ2n) is 3.69. The Hall–Kier alpha value is -1.13. The molecule has 0 saturated heterocycles. The average Bonchev–Trinajstić information content (AvgIpc) is 2.00. The first-order valence-corrected chi connectivity index (χ1v) is 4.59. The molecule has 0 heterocycles. The summed E-state index contributed by atoms with van der Waals surface area (Å²) < 4.78 is 13.1. The first kappa shape index (κ1) is 12.9. The second kappa shape index (κ2) is 5.57. The van der Waals surface area contributed by atoms with Crippen LogP contribution < -0.4 is 10.6 Å². The van der Waals surface area contributed by atoms with Crippen LogP contribution in [0.3, 0.4) is 0 Å². The van der Waals surface area contributed by atoms with Crippen LogP contribution >= 0.6 is 0 Å². The lowest BCUT2D eigenvalue weighted by atomic mass is 10.2. The van der Waals surface area contributed by atoms with Gasteiger partial charge in [0.05, 0.1) is 0 Å². The molecule has 2 amide bonds. The van der Waals surface area contributed by atoms with Crippen LogP contribution in [0.5, 0.6) is 0 Å². The highest BCUT2D eigenvalue weighted by atomic mass is 19.1. The Morgan fingerprint density at radius 2 is 1.21 bits per heavy atom. The lowest BCUT2D eigenvalue weighted by Gasteiger charge is -2.13. The lowest BCUT2D eigenvalue weighted by Crippen LogP contribution is -2.46. The van der Waals surface area contributed by atoms with E-state index in [1.807, 2.05) is 0 Å². The van der Waals surface area contributed by atoms with Crippen molar-refractivity contribution in [2.24, 2.45) is 0 Å². The van der Waals surface area contributed by atoms with Crippen molar-refractivity contribution < 1.29 is 14.0 Å². The van der Waals surface area contributed by atoms with Crippen LogP contribution in [-0.4, -0.2) is 30.1 Å². The Kier molecular flexibility index (Phi) is 5.12. The van der Waals surface area contributed by atoms with Crippen molar-refractivity contribution in [1.82, 2.24) is 10.6 Å². The van der Waals surface area contributed by atoms with E-state index in [4.69, 9.17) is 0 Å². The van der Waals surface area contributed by atoms with Crippen LogP contribution in [0.4, 0.5) is 4.39 Å². The fourth-order valence-electron chi connectivity index (χ4n) is 0.834. The Bertz CT molecular complexity index is 195. The molecular formula is C9H17FN2O2. The van der Waals surface area contributed by atoms with Crippen LogP contribution in [0, 0.1) is 0 Å². The maximum atomic E-state index is 13.1. The number of carbonyl (C=O) groups is 2. The standard InChI is InChI=1S/C9H17FN2O2/c1-5(2)11-8(13)7(10)9(14)12-6(3)4/h5-7H,1-4H3,(H,11,13)(H,12,14). The van der Waals surface area contributed by atoms with Gasteiger partial charge in [-0.1, -0.05) is 0 Å². The van der Waals surface area contributed by atoms with E-state index >= 15 is 0 Å². The molecule has 0 unspecified atom stereocenters. The third kappa shape index (κ3) is 4.79. The van der Waals surface area contributed by atoms with Gasteiger partial charge in [-0.2, -0.15) is 0 Å². The number of rotatable bonds is 4. The summed E-state index contributed by atoms with van der Waals surface area (Å²) in [5.74, 6) is -1.78. The average molecular weight is 204 g/mol. The Morgan fingerprint density at radius 3 is 1.43 bits per heavy atom. The first-order valence-electron chi connectivity index (χ1n) is 4.59. The molecule has 0 rings (SSSR count). The van der Waals surface area contributed by atoms with Crippen LogP contribution in [0.15, 0.2) is 0 Å². The zero-order chi connectivity index (χ0) is 11.3. The number of halogens is 1. The molecule has 0 radical (unpaired) electrons. The summed E-state index contributed by atoms with van der Waals surface area (Å²) in [6, 6.07) is -0.347. The lowest BCUT2D eigenvalue weighted by molar-refractivity contribution is -0.137. The topological polar surface area (TPSA) is 58.2 Å². The van der Waals surface area contributed by atoms with Crippen LogP contribution in [0.1, 0.15) is 27.7 Å². The van der Waals surface area contributed by atoms with E-state index in [0.29, 0.717) is 0 Å². The summed E-state index contributed by atoms with van der Waals surface area (Å²) in [5, 5.41) is 4.64. The molecule has 0 aliphatic heterocycles. The third-order valence-corrected chi connectivity index (χ3v) is 1.32. The summed E-state index contributed by atoms with van der Waals surface area (Å²) in [4.78, 5) is 22.1. The minimum atomic E-state index is -2.13. The number of amides is 2. The number of hydrogen-bond donors (Lipinski definition) is 2. The molecule has 4 nitrogen and oxygen atoms in total. The molecule has 0 aromatic heterocycles. The van der Waals surface area contributed by atoms with Crippen molar-refractivity contribution >= 4 is 11.8 Å². The van der Waals surface area contributed by atoms with Gasteiger partial charge in [0.2, 0.25) is 0 Å². The molecule has 0 spiro atoms. The van der Waals surface area contributed by atoms with E-state index in [1.54, 1.807) is 27.7 Å². The van der Waals surface area contributed by atoms with Crippen molar-refractivity contribution in [3.63, 3.8) is 0 Å². The van der Waals surface area contributed by atoms with Gasteiger partial charge < -0.3 is 10.6 Å². The van der Waals surface area contributed by atoms with Crippen molar-refractivity contribution in [1.29, 1.82) is 0 Å². The molecule has 0 aliphatic rings. The smallest absolute Gasteiger partial charge is 0.264 e. The van der Waals surface area contributed by atoms with Gasteiger partial charge in [-0.25, -0.2) is 4.39 Å². The molecule has 0 atom stereocenters. The van der Waals surface area contributed by atoms with Crippen molar-refractivity contribution in [2.75, 3.05) is 0 Å². The van der Waals surface area contributed by atoms with Crippen molar-refractivity contribution in [2.45, 2.75) is 46.0 Å². The maximum absolute atomic E-state index is 13.1. The molecule has 5 heteroatoms. The molecule has 0 fully saturated rings. The first-order chi connectivity index (χ1) is 6.34. The Morgan fingerprint density at radius 1 is 0.929 bits per heavy atom. The Labute approximate surface area is 83.2 Å². The molecule has 0 aromatic carbocycles. The molecular weight excluding hydrogens is 187 g/mol. The quantitative estimate of drug-likeness (QED) is 0.650. The van der Waals surface area contributed by atoms with Crippen molar-refractivity contribution in [3.8, 4) is 0 Å². The zero-order valence-corrected chi connectivity index (χ0v) is 8.93. The monoisotopic (exact) mass is 204 g/mol. The molecule has 14 heavy (non-hydrogen) atoms. The van der Waals surface area contributed by atoms with Crippen LogP contribution in [0.2, 0.25) is 0 Å². The van der Waals surface area contributed by atoms with E-state index in [9.17, 15) is 14.0 Å².